The molecule has 0 atom stereocenters. The second-order valence-corrected chi connectivity index (χ2v) is 5.35. The van der Waals surface area contributed by atoms with Crippen LogP contribution in [-0.2, 0) is 4.74 Å². The highest BCUT2D eigenvalue weighted by molar-refractivity contribution is 5.89. The highest BCUT2D eigenvalue weighted by Crippen LogP contribution is 2.22. The van der Waals surface area contributed by atoms with Crippen LogP contribution in [0.1, 0.15) is 20.7 Å². The van der Waals surface area contributed by atoms with Crippen LogP contribution in [0, 0.1) is 0 Å². The van der Waals surface area contributed by atoms with E-state index < -0.39 is 11.9 Å². The summed E-state index contributed by atoms with van der Waals surface area (Å²) in [6.07, 6.45) is 0. The molecule has 0 amide bonds. The number of carbonyl (C=O) groups is 2. The molecule has 0 aliphatic carbocycles. The predicted octanol–water partition coefficient (Wildman–Crippen LogP) is 1.97. The van der Waals surface area contributed by atoms with Crippen LogP contribution in [0.5, 0.6) is 23.0 Å². The predicted molar refractivity (Wildman–Crippen MR) is 91.9 cm³/mol. The number of ether oxygens (including phenoxy) is 3. The van der Waals surface area contributed by atoms with Crippen molar-refractivity contribution < 1.29 is 44.2 Å². The van der Waals surface area contributed by atoms with Crippen molar-refractivity contribution in [2.45, 2.75) is 0 Å². The van der Waals surface area contributed by atoms with E-state index in [0.717, 1.165) is 12.1 Å². The number of rotatable bonds is 10. The molecule has 0 fully saturated rings. The van der Waals surface area contributed by atoms with E-state index in [9.17, 15) is 19.8 Å². The molecule has 0 spiro atoms. The Kier molecular flexibility index (Phi) is 6.84. The van der Waals surface area contributed by atoms with Gasteiger partial charge in [0, 0.05) is 12.1 Å². The minimum Gasteiger partial charge on any atom is -0.508 e. The van der Waals surface area contributed by atoms with Crippen molar-refractivity contribution >= 4 is 11.9 Å². The fourth-order valence-corrected chi connectivity index (χ4v) is 2.12. The lowest BCUT2D eigenvalue weighted by atomic mass is 10.2. The summed E-state index contributed by atoms with van der Waals surface area (Å²) in [6, 6.07) is 7.37. The summed E-state index contributed by atoms with van der Waals surface area (Å²) in [5, 5.41) is 36.7. The van der Waals surface area contributed by atoms with Gasteiger partial charge in [-0.25, -0.2) is 9.59 Å². The van der Waals surface area contributed by atoms with Gasteiger partial charge in [-0.15, -0.1) is 0 Å². The molecule has 0 aromatic heterocycles. The van der Waals surface area contributed by atoms with Gasteiger partial charge in [0.1, 0.15) is 36.2 Å². The first-order valence-corrected chi connectivity index (χ1v) is 7.83. The van der Waals surface area contributed by atoms with Crippen LogP contribution in [0.25, 0.3) is 0 Å². The fraction of sp³-hybridized carbons (Fsp3) is 0.222. The van der Waals surface area contributed by atoms with Crippen molar-refractivity contribution in [3.8, 4) is 23.0 Å². The van der Waals surface area contributed by atoms with E-state index in [4.69, 9.17) is 24.4 Å². The maximum atomic E-state index is 10.9. The van der Waals surface area contributed by atoms with Gasteiger partial charge >= 0.3 is 11.9 Å². The molecule has 4 N–H and O–H groups in total. The third-order valence-corrected chi connectivity index (χ3v) is 3.27. The summed E-state index contributed by atoms with van der Waals surface area (Å²) < 4.78 is 15.9. The molecular formula is C18H18O9. The topological polar surface area (TPSA) is 143 Å². The van der Waals surface area contributed by atoms with Crippen molar-refractivity contribution in [2.75, 3.05) is 26.4 Å². The molecule has 2 aromatic carbocycles. The van der Waals surface area contributed by atoms with Crippen molar-refractivity contribution in [3.63, 3.8) is 0 Å². The van der Waals surface area contributed by atoms with Crippen LogP contribution in [0.4, 0.5) is 0 Å². The molecule has 0 aliphatic rings. The third kappa shape index (κ3) is 6.40. The molecule has 0 bridgehead atoms. The van der Waals surface area contributed by atoms with E-state index in [2.05, 4.69) is 0 Å². The smallest absolute Gasteiger partial charge is 0.335 e. The first-order valence-electron chi connectivity index (χ1n) is 7.83. The van der Waals surface area contributed by atoms with Gasteiger partial charge in [-0.05, 0) is 24.3 Å². The van der Waals surface area contributed by atoms with Crippen molar-refractivity contribution in [1.82, 2.24) is 0 Å². The second kappa shape index (κ2) is 9.30. The lowest BCUT2D eigenvalue weighted by molar-refractivity contribution is 0.0685. The average Bonchev–Trinajstić information content (AvgIpc) is 2.60. The molecule has 27 heavy (non-hydrogen) atoms. The Bertz CT molecular complexity index is 749. The Balaban J connectivity index is 1.70. The minimum absolute atomic E-state index is 0.0915. The maximum Gasteiger partial charge on any atom is 0.335 e. The summed E-state index contributed by atoms with van der Waals surface area (Å²) >= 11 is 0. The number of hydrogen-bond donors (Lipinski definition) is 4. The Morgan fingerprint density at radius 2 is 1.07 bits per heavy atom. The number of carboxylic acid groups (broad SMARTS) is 2. The number of aromatic hydroxyl groups is 2. The van der Waals surface area contributed by atoms with E-state index in [1.807, 2.05) is 0 Å². The first-order chi connectivity index (χ1) is 12.8. The maximum absolute atomic E-state index is 10.9. The van der Waals surface area contributed by atoms with Crippen LogP contribution >= 0.6 is 0 Å². The molecule has 0 radical (unpaired) electrons. The Labute approximate surface area is 154 Å². The minimum atomic E-state index is -1.18. The monoisotopic (exact) mass is 378 g/mol. The lowest BCUT2D eigenvalue weighted by Crippen LogP contribution is -2.12. The highest BCUT2D eigenvalue weighted by Gasteiger charge is 2.08. The van der Waals surface area contributed by atoms with Crippen LogP contribution in [0.2, 0.25) is 0 Å². The zero-order valence-electron chi connectivity index (χ0n) is 14.1. The molecule has 144 valence electrons. The van der Waals surface area contributed by atoms with E-state index in [-0.39, 0.29) is 60.6 Å². The van der Waals surface area contributed by atoms with Gasteiger partial charge in [0.15, 0.2) is 0 Å². The molecule has 0 heterocycles. The summed E-state index contributed by atoms with van der Waals surface area (Å²) in [5.41, 5.74) is -0.183. The SMILES string of the molecule is O=C(O)c1cc(O)cc(OCCOCCOc2cc(O)cc(C(=O)O)c2)c1. The number of aromatic carboxylic acids is 2. The molecule has 2 rings (SSSR count). The Hall–Kier alpha value is -3.46. The zero-order chi connectivity index (χ0) is 19.8. The molecule has 0 saturated carbocycles. The molecule has 0 unspecified atom stereocenters. The number of hydrogen-bond acceptors (Lipinski definition) is 7. The van der Waals surface area contributed by atoms with Gasteiger partial charge in [-0.2, -0.15) is 0 Å². The summed E-state index contributed by atoms with van der Waals surface area (Å²) in [6.45, 7) is 0.610. The van der Waals surface area contributed by atoms with Gasteiger partial charge in [-0.3, -0.25) is 0 Å². The third-order valence-electron chi connectivity index (χ3n) is 3.27. The number of phenolic OH excluding ortho intramolecular Hbond substituents is 2. The largest absolute Gasteiger partial charge is 0.508 e. The van der Waals surface area contributed by atoms with E-state index in [1.54, 1.807) is 0 Å². The lowest BCUT2D eigenvalue weighted by Gasteiger charge is -2.10. The Morgan fingerprint density at radius 1 is 0.667 bits per heavy atom. The van der Waals surface area contributed by atoms with Crippen molar-refractivity contribution in [3.05, 3.63) is 47.5 Å². The van der Waals surface area contributed by atoms with Crippen molar-refractivity contribution in [2.24, 2.45) is 0 Å². The van der Waals surface area contributed by atoms with E-state index >= 15 is 0 Å². The van der Waals surface area contributed by atoms with E-state index in [1.165, 1.54) is 24.3 Å². The molecule has 0 saturated heterocycles. The molecule has 9 nitrogen and oxygen atoms in total. The molecule has 9 heteroatoms. The summed E-state index contributed by atoms with van der Waals surface area (Å²) in [7, 11) is 0. The van der Waals surface area contributed by atoms with Crippen LogP contribution in [-0.4, -0.2) is 58.8 Å². The molecule has 2 aromatic rings. The second-order valence-electron chi connectivity index (χ2n) is 5.35. The normalized spacial score (nSPS) is 10.4. The summed E-state index contributed by atoms with van der Waals surface area (Å²) in [5.74, 6) is -2.39. The highest BCUT2D eigenvalue weighted by atomic mass is 16.5. The van der Waals surface area contributed by atoms with Crippen molar-refractivity contribution in [1.29, 1.82) is 0 Å². The average molecular weight is 378 g/mol. The Morgan fingerprint density at radius 3 is 1.44 bits per heavy atom. The number of carboxylic acids is 2. The molecule has 0 aliphatic heterocycles. The van der Waals surface area contributed by atoms with Crippen LogP contribution in [0.3, 0.4) is 0 Å². The van der Waals surface area contributed by atoms with Gasteiger partial charge in [0.2, 0.25) is 0 Å². The van der Waals surface area contributed by atoms with Gasteiger partial charge in [0.05, 0.1) is 24.3 Å². The van der Waals surface area contributed by atoms with Crippen LogP contribution in [0.15, 0.2) is 36.4 Å². The molecular weight excluding hydrogens is 360 g/mol. The van der Waals surface area contributed by atoms with Crippen LogP contribution < -0.4 is 9.47 Å². The first kappa shape index (κ1) is 19.9. The standard InChI is InChI=1S/C18H18O9/c19-13-5-11(17(21)22)7-15(9-13)26-3-1-25-2-4-27-16-8-12(18(23)24)6-14(20)10-16/h5-10,19-20H,1-4H2,(H,21,22)(H,23,24). The quantitative estimate of drug-likeness (QED) is 0.456. The number of benzene rings is 2. The van der Waals surface area contributed by atoms with Gasteiger partial charge < -0.3 is 34.6 Å². The number of phenols is 2. The summed E-state index contributed by atoms with van der Waals surface area (Å²) in [4.78, 5) is 21.8. The van der Waals surface area contributed by atoms with Gasteiger partial charge in [0.25, 0.3) is 0 Å². The van der Waals surface area contributed by atoms with E-state index in [0.29, 0.717) is 0 Å². The van der Waals surface area contributed by atoms with Gasteiger partial charge in [-0.1, -0.05) is 0 Å². The fourth-order valence-electron chi connectivity index (χ4n) is 2.12. The zero-order valence-corrected chi connectivity index (χ0v) is 14.1.